The molecule has 4 aliphatic rings. The van der Waals surface area contributed by atoms with Gasteiger partial charge in [0.1, 0.15) is 12.4 Å². The lowest BCUT2D eigenvalue weighted by molar-refractivity contribution is 0.0760. The van der Waals surface area contributed by atoms with Crippen LogP contribution in [0.15, 0.2) is 30.0 Å². The Morgan fingerprint density at radius 1 is 1.23 bits per heavy atom. The van der Waals surface area contributed by atoms with Gasteiger partial charge in [-0.2, -0.15) is 0 Å². The average molecular weight is 339 g/mol. The fraction of sp³-hybridized carbons (Fsp3) is 0.556. The van der Waals surface area contributed by atoms with Crippen molar-refractivity contribution in [2.75, 3.05) is 0 Å². The highest BCUT2D eigenvalue weighted by molar-refractivity contribution is 6.32. The van der Waals surface area contributed by atoms with Crippen LogP contribution in [-0.2, 0) is 11.3 Å². The zero-order valence-electron chi connectivity index (χ0n) is 12.4. The van der Waals surface area contributed by atoms with Gasteiger partial charge in [0, 0.05) is 0 Å². The van der Waals surface area contributed by atoms with Crippen LogP contribution in [0.1, 0.15) is 37.7 Å². The minimum atomic E-state index is -0.156. The molecule has 0 aromatic heterocycles. The number of aromatic hydroxyl groups is 1. The van der Waals surface area contributed by atoms with Crippen LogP contribution in [0.4, 0.5) is 0 Å². The monoisotopic (exact) mass is 338 g/mol. The lowest BCUT2D eigenvalue weighted by Crippen LogP contribution is -2.49. The van der Waals surface area contributed by atoms with Gasteiger partial charge in [-0.05, 0) is 73.1 Å². The second-order valence-electron chi connectivity index (χ2n) is 7.18. The van der Waals surface area contributed by atoms with Crippen LogP contribution >= 0.6 is 23.2 Å². The molecule has 22 heavy (non-hydrogen) atoms. The number of phenols is 1. The minimum absolute atomic E-state index is 0.0962. The van der Waals surface area contributed by atoms with Crippen molar-refractivity contribution in [3.05, 3.63) is 40.6 Å². The molecule has 0 aliphatic heterocycles. The van der Waals surface area contributed by atoms with Crippen LogP contribution in [0, 0.1) is 17.8 Å². The molecule has 0 heterocycles. The van der Waals surface area contributed by atoms with Crippen molar-refractivity contribution >= 4 is 23.2 Å². The smallest absolute Gasteiger partial charge is 0.134 e. The third kappa shape index (κ3) is 2.51. The molecule has 4 bridgehead atoms. The third-order valence-electron chi connectivity index (χ3n) is 5.55. The first-order chi connectivity index (χ1) is 10.5. The summed E-state index contributed by atoms with van der Waals surface area (Å²) in [5.41, 5.74) is 2.21. The van der Waals surface area contributed by atoms with Gasteiger partial charge in [0.25, 0.3) is 0 Å². The van der Waals surface area contributed by atoms with Gasteiger partial charge < -0.3 is 9.84 Å². The van der Waals surface area contributed by atoms with E-state index < -0.39 is 0 Å². The molecule has 4 saturated carbocycles. The fourth-order valence-electron chi connectivity index (χ4n) is 4.83. The lowest BCUT2D eigenvalue weighted by atomic mass is 9.54. The molecule has 5 rings (SSSR count). The summed E-state index contributed by atoms with van der Waals surface area (Å²) in [6.45, 7) is 0.431. The number of benzene rings is 1. The number of ether oxygens (including phenoxy) is 1. The van der Waals surface area contributed by atoms with E-state index >= 15 is 0 Å². The normalized spacial score (nSPS) is 37.7. The summed E-state index contributed by atoms with van der Waals surface area (Å²) in [6, 6.07) is 5.21. The fourth-order valence-corrected chi connectivity index (χ4v) is 5.58. The molecular formula is C18H20Cl2O2. The molecule has 0 radical (unpaired) electrons. The Kier molecular flexibility index (Phi) is 3.58. The molecule has 2 atom stereocenters. The highest BCUT2D eigenvalue weighted by atomic mass is 35.5. The van der Waals surface area contributed by atoms with Gasteiger partial charge in [-0.3, -0.25) is 0 Å². The number of phenolic OH excluding ortho intramolecular Hbond substituents is 1. The van der Waals surface area contributed by atoms with Crippen molar-refractivity contribution in [3.8, 4) is 5.75 Å². The van der Waals surface area contributed by atoms with Gasteiger partial charge in [0.2, 0.25) is 0 Å². The third-order valence-corrected chi connectivity index (χ3v) is 6.40. The summed E-state index contributed by atoms with van der Waals surface area (Å²) < 4.78 is 5.81. The SMILES string of the molecule is Oc1cc(COC=C2C3CC4CC(C3)CC2(Cl)C4)ccc1Cl. The van der Waals surface area contributed by atoms with Crippen LogP contribution in [0.3, 0.4) is 0 Å². The predicted molar refractivity (Wildman–Crippen MR) is 88.1 cm³/mol. The molecule has 0 spiro atoms. The van der Waals surface area contributed by atoms with Crippen molar-refractivity contribution in [3.63, 3.8) is 0 Å². The van der Waals surface area contributed by atoms with E-state index in [-0.39, 0.29) is 10.6 Å². The average Bonchev–Trinajstić information content (AvgIpc) is 2.44. The number of hydrogen-bond acceptors (Lipinski definition) is 2. The summed E-state index contributed by atoms with van der Waals surface area (Å²) >= 11 is 12.7. The molecule has 0 saturated heterocycles. The second-order valence-corrected chi connectivity index (χ2v) is 8.31. The molecule has 118 valence electrons. The Morgan fingerprint density at radius 2 is 1.95 bits per heavy atom. The van der Waals surface area contributed by atoms with Crippen LogP contribution < -0.4 is 0 Å². The molecule has 4 fully saturated rings. The van der Waals surface area contributed by atoms with E-state index in [2.05, 4.69) is 0 Å². The zero-order chi connectivity index (χ0) is 15.3. The van der Waals surface area contributed by atoms with E-state index in [9.17, 15) is 5.11 Å². The van der Waals surface area contributed by atoms with E-state index in [0.29, 0.717) is 17.5 Å². The zero-order valence-corrected chi connectivity index (χ0v) is 13.9. The van der Waals surface area contributed by atoms with Gasteiger partial charge >= 0.3 is 0 Å². The second kappa shape index (κ2) is 5.35. The number of allylic oxidation sites excluding steroid dienone is 1. The molecule has 0 amide bonds. The predicted octanol–water partition coefficient (Wildman–Crippen LogP) is 5.26. The summed E-state index contributed by atoms with van der Waals surface area (Å²) in [4.78, 5) is -0.156. The van der Waals surface area contributed by atoms with Gasteiger partial charge in [-0.25, -0.2) is 0 Å². The first-order valence-corrected chi connectivity index (χ1v) is 8.77. The summed E-state index contributed by atoms with van der Waals surface area (Å²) in [6.07, 6.45) is 8.06. The Morgan fingerprint density at radius 3 is 2.59 bits per heavy atom. The number of alkyl halides is 1. The van der Waals surface area contributed by atoms with E-state index in [1.807, 2.05) is 12.3 Å². The van der Waals surface area contributed by atoms with E-state index in [1.165, 1.54) is 24.8 Å². The summed E-state index contributed by atoms with van der Waals surface area (Å²) in [7, 11) is 0. The highest BCUT2D eigenvalue weighted by Gasteiger charge is 2.53. The molecule has 1 aromatic carbocycles. The number of hydrogen-bond donors (Lipinski definition) is 1. The summed E-state index contributed by atoms with van der Waals surface area (Å²) in [5, 5.41) is 9.99. The first-order valence-electron chi connectivity index (χ1n) is 8.02. The van der Waals surface area contributed by atoms with E-state index in [4.69, 9.17) is 27.9 Å². The summed E-state index contributed by atoms with van der Waals surface area (Å²) in [5.74, 6) is 2.35. The van der Waals surface area contributed by atoms with Crippen LogP contribution in [0.2, 0.25) is 5.02 Å². The highest BCUT2D eigenvalue weighted by Crippen LogP contribution is 2.60. The topological polar surface area (TPSA) is 29.5 Å². The molecule has 2 nitrogen and oxygen atoms in total. The van der Waals surface area contributed by atoms with E-state index in [1.54, 1.807) is 12.1 Å². The molecule has 4 aliphatic carbocycles. The van der Waals surface area contributed by atoms with Gasteiger partial charge in [0.15, 0.2) is 0 Å². The van der Waals surface area contributed by atoms with E-state index in [0.717, 1.165) is 30.2 Å². The molecule has 4 heteroatoms. The van der Waals surface area contributed by atoms with Crippen molar-refractivity contribution < 1.29 is 9.84 Å². The number of halogens is 2. The molecular weight excluding hydrogens is 319 g/mol. The van der Waals surface area contributed by atoms with Crippen LogP contribution in [0.25, 0.3) is 0 Å². The molecule has 2 unspecified atom stereocenters. The quantitative estimate of drug-likeness (QED) is 0.601. The lowest BCUT2D eigenvalue weighted by Gasteiger charge is -2.55. The van der Waals surface area contributed by atoms with Gasteiger partial charge in [-0.15, -0.1) is 11.6 Å². The molecule has 1 aromatic rings. The van der Waals surface area contributed by atoms with Crippen molar-refractivity contribution in [1.29, 1.82) is 0 Å². The van der Waals surface area contributed by atoms with Gasteiger partial charge in [0.05, 0.1) is 16.2 Å². The van der Waals surface area contributed by atoms with Gasteiger partial charge in [-0.1, -0.05) is 17.7 Å². The number of rotatable bonds is 3. The minimum Gasteiger partial charge on any atom is -0.506 e. The Hall–Kier alpha value is -0.860. The van der Waals surface area contributed by atoms with Crippen LogP contribution in [-0.4, -0.2) is 9.98 Å². The maximum Gasteiger partial charge on any atom is 0.134 e. The standard InChI is InChI=1S/C18H20Cl2O2/c19-16-2-1-11(6-17(16)21)9-22-10-15-14-4-12-3-13(5-14)8-18(15,20)7-12/h1-2,6,10,12-14,21H,3-5,7-9H2. The van der Waals surface area contributed by atoms with Crippen molar-refractivity contribution in [1.82, 2.24) is 0 Å². The first kappa shape index (κ1) is 14.7. The van der Waals surface area contributed by atoms with Crippen molar-refractivity contribution in [2.24, 2.45) is 17.8 Å². The maximum atomic E-state index is 9.63. The largest absolute Gasteiger partial charge is 0.506 e. The van der Waals surface area contributed by atoms with Crippen LogP contribution in [0.5, 0.6) is 5.75 Å². The maximum absolute atomic E-state index is 9.63. The Balaban J connectivity index is 1.47. The Labute approximate surface area is 141 Å². The molecule has 1 N–H and O–H groups in total. The Bertz CT molecular complexity index is 612. The van der Waals surface area contributed by atoms with Crippen molar-refractivity contribution in [2.45, 2.75) is 43.6 Å².